The van der Waals surface area contributed by atoms with Gasteiger partial charge in [-0.1, -0.05) is 11.6 Å². The van der Waals surface area contributed by atoms with Gasteiger partial charge in [0.1, 0.15) is 5.92 Å². The topological polar surface area (TPSA) is 69.6 Å². The van der Waals surface area contributed by atoms with Crippen molar-refractivity contribution in [3.8, 4) is 0 Å². The van der Waals surface area contributed by atoms with E-state index < -0.39 is 5.92 Å². The highest BCUT2D eigenvalue weighted by molar-refractivity contribution is 6.30. The summed E-state index contributed by atoms with van der Waals surface area (Å²) in [6.07, 6.45) is 3.24. The number of nitrogens with zero attached hydrogens (tertiary/aromatic N) is 1. The van der Waals surface area contributed by atoms with Crippen LogP contribution in [0.25, 0.3) is 0 Å². The Bertz CT molecular complexity index is 586. The van der Waals surface area contributed by atoms with Gasteiger partial charge in [0, 0.05) is 29.9 Å². The van der Waals surface area contributed by atoms with Crippen molar-refractivity contribution in [2.45, 2.75) is 31.7 Å². The van der Waals surface area contributed by atoms with Crippen LogP contribution in [0.2, 0.25) is 5.02 Å². The Morgan fingerprint density at radius 2 is 2.00 bits per heavy atom. The molecule has 0 aromatic heterocycles. The molecule has 2 aliphatic rings. The molecule has 5 nitrogen and oxygen atoms in total. The Morgan fingerprint density at radius 3 is 2.61 bits per heavy atom. The zero-order valence-electron chi connectivity index (χ0n) is 12.9. The fourth-order valence-corrected chi connectivity index (χ4v) is 3.27. The number of aliphatic hydroxyl groups excluding tert-OH is 1. The smallest absolute Gasteiger partial charge is 0.239 e. The first kappa shape index (κ1) is 16.3. The number of hydrogen-bond donors (Lipinski definition) is 2. The summed E-state index contributed by atoms with van der Waals surface area (Å²) in [6, 6.07) is 7.05. The Kier molecular flexibility index (Phi) is 4.87. The van der Waals surface area contributed by atoms with Crippen LogP contribution in [0, 0.1) is 11.8 Å². The van der Waals surface area contributed by atoms with Gasteiger partial charge in [0.15, 0.2) is 0 Å². The molecule has 0 bridgehead atoms. The van der Waals surface area contributed by atoms with Gasteiger partial charge in [-0.05, 0) is 55.9 Å². The number of rotatable bonds is 6. The SMILES string of the molecule is O=C(NC(CCO)C1CC1)C1CCN(c2ccc(Cl)cc2)C1=O. The van der Waals surface area contributed by atoms with E-state index in [-0.39, 0.29) is 24.5 Å². The molecule has 23 heavy (non-hydrogen) atoms. The van der Waals surface area contributed by atoms with E-state index in [0.717, 1.165) is 18.5 Å². The predicted molar refractivity (Wildman–Crippen MR) is 88.3 cm³/mol. The molecule has 2 fully saturated rings. The number of benzene rings is 1. The highest BCUT2D eigenvalue weighted by Crippen LogP contribution is 2.34. The molecule has 0 spiro atoms. The summed E-state index contributed by atoms with van der Waals surface area (Å²) in [5.74, 6) is -0.555. The second kappa shape index (κ2) is 6.89. The van der Waals surface area contributed by atoms with Crippen molar-refractivity contribution in [3.63, 3.8) is 0 Å². The van der Waals surface area contributed by atoms with Crippen molar-refractivity contribution in [1.29, 1.82) is 0 Å². The number of carbonyl (C=O) groups excluding carboxylic acids is 2. The number of anilines is 1. The first-order valence-corrected chi connectivity index (χ1v) is 8.46. The van der Waals surface area contributed by atoms with E-state index in [0.29, 0.717) is 30.3 Å². The lowest BCUT2D eigenvalue weighted by molar-refractivity contribution is -0.132. The molecule has 1 aliphatic heterocycles. The Hall–Kier alpha value is -1.59. The third-order valence-electron chi connectivity index (χ3n) is 4.62. The molecular formula is C17H21ClN2O3. The number of amides is 2. The fraction of sp³-hybridized carbons (Fsp3) is 0.529. The second-order valence-electron chi connectivity index (χ2n) is 6.27. The minimum absolute atomic E-state index is 0.00937. The summed E-state index contributed by atoms with van der Waals surface area (Å²) in [7, 11) is 0. The van der Waals surface area contributed by atoms with Crippen molar-refractivity contribution >= 4 is 29.1 Å². The van der Waals surface area contributed by atoms with Crippen molar-refractivity contribution in [2.24, 2.45) is 11.8 Å². The molecule has 2 atom stereocenters. The van der Waals surface area contributed by atoms with Crippen LogP contribution in [0.15, 0.2) is 24.3 Å². The zero-order chi connectivity index (χ0) is 16.4. The molecule has 3 rings (SSSR count). The highest BCUT2D eigenvalue weighted by atomic mass is 35.5. The Balaban J connectivity index is 1.63. The first-order chi connectivity index (χ1) is 11.1. The Labute approximate surface area is 140 Å². The molecule has 1 saturated heterocycles. The molecule has 6 heteroatoms. The molecule has 1 aliphatic carbocycles. The molecule has 1 aromatic rings. The monoisotopic (exact) mass is 336 g/mol. The van der Waals surface area contributed by atoms with Gasteiger partial charge in [0.2, 0.25) is 11.8 Å². The van der Waals surface area contributed by atoms with Crippen molar-refractivity contribution in [1.82, 2.24) is 5.32 Å². The third kappa shape index (κ3) is 3.67. The van der Waals surface area contributed by atoms with Crippen LogP contribution in [0.5, 0.6) is 0 Å². The third-order valence-corrected chi connectivity index (χ3v) is 4.87. The van der Waals surface area contributed by atoms with Crippen LogP contribution in [0.4, 0.5) is 5.69 Å². The Morgan fingerprint density at radius 1 is 1.30 bits per heavy atom. The van der Waals surface area contributed by atoms with Crippen LogP contribution >= 0.6 is 11.6 Å². The average Bonchev–Trinajstić information content (AvgIpc) is 3.31. The summed E-state index contributed by atoms with van der Waals surface area (Å²) in [5.41, 5.74) is 0.767. The van der Waals surface area contributed by atoms with E-state index in [9.17, 15) is 9.59 Å². The van der Waals surface area contributed by atoms with Gasteiger partial charge < -0.3 is 15.3 Å². The molecule has 1 heterocycles. The maximum absolute atomic E-state index is 12.5. The summed E-state index contributed by atoms with van der Waals surface area (Å²) >= 11 is 5.87. The van der Waals surface area contributed by atoms with Crippen LogP contribution in [0.3, 0.4) is 0 Å². The molecule has 1 aromatic carbocycles. The quantitative estimate of drug-likeness (QED) is 0.780. The van der Waals surface area contributed by atoms with Gasteiger partial charge >= 0.3 is 0 Å². The van der Waals surface area contributed by atoms with E-state index in [1.807, 2.05) is 0 Å². The fourth-order valence-electron chi connectivity index (χ4n) is 3.15. The van der Waals surface area contributed by atoms with Gasteiger partial charge in [-0.2, -0.15) is 0 Å². The van der Waals surface area contributed by atoms with Crippen LogP contribution in [0.1, 0.15) is 25.7 Å². The first-order valence-electron chi connectivity index (χ1n) is 8.08. The van der Waals surface area contributed by atoms with Crippen LogP contribution in [-0.2, 0) is 9.59 Å². The average molecular weight is 337 g/mol. The standard InChI is InChI=1S/C17H21ClN2O3/c18-12-3-5-13(6-4-12)20-9-7-14(17(20)23)16(22)19-15(8-10-21)11-1-2-11/h3-6,11,14-15,21H,1-2,7-10H2,(H,19,22). The minimum Gasteiger partial charge on any atom is -0.396 e. The number of carbonyl (C=O) groups is 2. The molecular weight excluding hydrogens is 316 g/mol. The van der Waals surface area contributed by atoms with Crippen molar-refractivity contribution < 1.29 is 14.7 Å². The zero-order valence-corrected chi connectivity index (χ0v) is 13.6. The lowest BCUT2D eigenvalue weighted by Gasteiger charge is -2.20. The molecule has 1 saturated carbocycles. The van der Waals surface area contributed by atoms with Crippen molar-refractivity contribution in [2.75, 3.05) is 18.1 Å². The lowest BCUT2D eigenvalue weighted by atomic mass is 10.0. The summed E-state index contributed by atoms with van der Waals surface area (Å²) in [4.78, 5) is 26.6. The van der Waals surface area contributed by atoms with Gasteiger partial charge in [0.05, 0.1) is 0 Å². The summed E-state index contributed by atoms with van der Waals surface area (Å²) < 4.78 is 0. The van der Waals surface area contributed by atoms with Gasteiger partial charge in [0.25, 0.3) is 0 Å². The molecule has 0 radical (unpaired) electrons. The summed E-state index contributed by atoms with van der Waals surface area (Å²) in [6.45, 7) is 0.587. The van der Waals surface area contributed by atoms with E-state index in [1.54, 1.807) is 29.2 Å². The van der Waals surface area contributed by atoms with Gasteiger partial charge in [-0.3, -0.25) is 9.59 Å². The summed E-state index contributed by atoms with van der Waals surface area (Å²) in [5, 5.41) is 12.7. The van der Waals surface area contributed by atoms with Gasteiger partial charge in [-0.15, -0.1) is 0 Å². The number of nitrogens with one attached hydrogen (secondary N) is 1. The highest BCUT2D eigenvalue weighted by Gasteiger charge is 2.40. The normalized spacial score (nSPS) is 22.3. The maximum atomic E-state index is 12.5. The lowest BCUT2D eigenvalue weighted by Crippen LogP contribution is -2.43. The van der Waals surface area contributed by atoms with E-state index in [4.69, 9.17) is 16.7 Å². The number of aliphatic hydroxyl groups is 1. The number of hydrogen-bond acceptors (Lipinski definition) is 3. The molecule has 2 amide bonds. The van der Waals surface area contributed by atoms with Gasteiger partial charge in [-0.25, -0.2) is 0 Å². The van der Waals surface area contributed by atoms with Crippen LogP contribution in [-0.4, -0.2) is 36.1 Å². The molecule has 124 valence electrons. The maximum Gasteiger partial charge on any atom is 0.239 e. The van der Waals surface area contributed by atoms with Crippen molar-refractivity contribution in [3.05, 3.63) is 29.3 Å². The van der Waals surface area contributed by atoms with E-state index in [1.165, 1.54) is 0 Å². The largest absolute Gasteiger partial charge is 0.396 e. The molecule has 2 N–H and O–H groups in total. The second-order valence-corrected chi connectivity index (χ2v) is 6.71. The minimum atomic E-state index is -0.634. The number of halogens is 1. The predicted octanol–water partition coefficient (Wildman–Crippen LogP) is 1.97. The van der Waals surface area contributed by atoms with Crippen LogP contribution < -0.4 is 10.2 Å². The molecule has 2 unspecified atom stereocenters. The van der Waals surface area contributed by atoms with E-state index >= 15 is 0 Å². The van der Waals surface area contributed by atoms with E-state index in [2.05, 4.69) is 5.32 Å².